The van der Waals surface area contributed by atoms with E-state index in [-0.39, 0.29) is 5.97 Å². The molecule has 322 valence electrons. The van der Waals surface area contributed by atoms with Gasteiger partial charge in [0.1, 0.15) is 0 Å². The molecular weight excluding hydrogens is 657 g/mol. The largest absolute Gasteiger partial charge is 0.466 e. The Morgan fingerprint density at radius 2 is 0.519 bits per heavy atom. The first kappa shape index (κ1) is 53.2. The van der Waals surface area contributed by atoms with Crippen LogP contribution in [-0.4, -0.2) is 12.6 Å². The van der Waals surface area contributed by atoms with E-state index in [0.717, 1.165) is 12.8 Å². The molecular formula is C52H102O2. The van der Waals surface area contributed by atoms with Crippen LogP contribution in [0.15, 0.2) is 12.2 Å². The molecule has 0 unspecified atom stereocenters. The van der Waals surface area contributed by atoms with Crippen molar-refractivity contribution in [3.8, 4) is 0 Å². The van der Waals surface area contributed by atoms with Crippen LogP contribution in [0, 0.1) is 0 Å². The highest BCUT2D eigenvalue weighted by Gasteiger charge is 2.03. The smallest absolute Gasteiger partial charge is 0.305 e. The maximum Gasteiger partial charge on any atom is 0.305 e. The molecule has 0 heterocycles. The summed E-state index contributed by atoms with van der Waals surface area (Å²) >= 11 is 0. The molecule has 54 heavy (non-hydrogen) atoms. The Morgan fingerprint density at radius 3 is 0.796 bits per heavy atom. The summed E-state index contributed by atoms with van der Waals surface area (Å²) in [6, 6.07) is 0. The topological polar surface area (TPSA) is 26.3 Å². The third-order valence-electron chi connectivity index (χ3n) is 11.9. The molecule has 0 bridgehead atoms. The van der Waals surface area contributed by atoms with Gasteiger partial charge in [0.05, 0.1) is 6.61 Å². The average molecular weight is 759 g/mol. The minimum atomic E-state index is 0.0304. The molecule has 0 N–H and O–H groups in total. The van der Waals surface area contributed by atoms with Crippen LogP contribution in [-0.2, 0) is 9.53 Å². The number of carbonyl (C=O) groups excluding carboxylic acids is 1. The summed E-state index contributed by atoms with van der Waals surface area (Å²) in [6.45, 7) is 5.23. The number of hydrogen-bond acceptors (Lipinski definition) is 2. The van der Waals surface area contributed by atoms with E-state index in [9.17, 15) is 4.79 Å². The summed E-state index contributed by atoms with van der Waals surface area (Å²) in [5, 5.41) is 0. The summed E-state index contributed by atoms with van der Waals surface area (Å²) in [6.07, 6.45) is 67.9. The van der Waals surface area contributed by atoms with Crippen molar-refractivity contribution in [2.75, 3.05) is 6.61 Å². The Balaban J connectivity index is 3.16. The third kappa shape index (κ3) is 49.2. The molecule has 0 saturated heterocycles. The molecule has 0 aliphatic heterocycles. The summed E-state index contributed by atoms with van der Waals surface area (Å²) in [4.78, 5) is 12.1. The molecule has 2 nitrogen and oxygen atoms in total. The van der Waals surface area contributed by atoms with Crippen molar-refractivity contribution in [3.05, 3.63) is 12.2 Å². The first-order chi connectivity index (χ1) is 26.8. The minimum absolute atomic E-state index is 0.0304. The van der Waals surface area contributed by atoms with Crippen LogP contribution in [0.4, 0.5) is 0 Å². The second kappa shape index (κ2) is 50.2. The lowest BCUT2D eigenvalue weighted by molar-refractivity contribution is -0.143. The third-order valence-corrected chi connectivity index (χ3v) is 11.9. The number of rotatable bonds is 48. The first-order valence-electron chi connectivity index (χ1n) is 25.6. The van der Waals surface area contributed by atoms with E-state index >= 15 is 0 Å². The molecule has 0 saturated carbocycles. The van der Waals surface area contributed by atoms with E-state index in [2.05, 4.69) is 26.0 Å². The zero-order valence-electron chi connectivity index (χ0n) is 37.7. The number of esters is 1. The molecule has 2 heteroatoms. The molecule has 0 aliphatic rings. The normalized spacial score (nSPS) is 11.7. The van der Waals surface area contributed by atoms with Gasteiger partial charge < -0.3 is 4.74 Å². The summed E-state index contributed by atoms with van der Waals surface area (Å²) in [5.74, 6) is 0.0304. The van der Waals surface area contributed by atoms with Crippen LogP contribution in [0.1, 0.15) is 309 Å². The molecule has 0 aromatic rings. The van der Waals surface area contributed by atoms with Crippen molar-refractivity contribution in [1.29, 1.82) is 0 Å². The molecule has 0 amide bonds. The van der Waals surface area contributed by atoms with E-state index in [0.29, 0.717) is 13.0 Å². The fourth-order valence-electron chi connectivity index (χ4n) is 8.08. The molecule has 0 aromatic carbocycles. The van der Waals surface area contributed by atoms with Crippen LogP contribution >= 0.6 is 0 Å². The minimum Gasteiger partial charge on any atom is -0.466 e. The summed E-state index contributed by atoms with van der Waals surface area (Å²) in [7, 11) is 0. The van der Waals surface area contributed by atoms with Gasteiger partial charge in [-0.25, -0.2) is 0 Å². The highest BCUT2D eigenvalue weighted by Crippen LogP contribution is 2.17. The molecule has 0 fully saturated rings. The van der Waals surface area contributed by atoms with Gasteiger partial charge in [0.15, 0.2) is 0 Å². The SMILES string of the molecule is CCCCCCCCC=CCCCCCCCCCCCCCC(=O)OCCCCCCCCCCCCCCCCCCCCCCCCCCCC. The molecule has 0 atom stereocenters. The lowest BCUT2D eigenvalue weighted by atomic mass is 10.0. The Kier molecular flexibility index (Phi) is 49.5. The van der Waals surface area contributed by atoms with Crippen LogP contribution in [0.25, 0.3) is 0 Å². The molecule has 0 aromatic heterocycles. The molecule has 0 spiro atoms. The van der Waals surface area contributed by atoms with Gasteiger partial charge in [0, 0.05) is 6.42 Å². The number of carbonyl (C=O) groups is 1. The van der Waals surface area contributed by atoms with Crippen LogP contribution in [0.3, 0.4) is 0 Å². The van der Waals surface area contributed by atoms with E-state index < -0.39 is 0 Å². The van der Waals surface area contributed by atoms with E-state index in [1.807, 2.05) is 0 Å². The zero-order valence-corrected chi connectivity index (χ0v) is 37.7. The van der Waals surface area contributed by atoms with Crippen molar-refractivity contribution in [2.24, 2.45) is 0 Å². The van der Waals surface area contributed by atoms with Gasteiger partial charge in [-0.2, -0.15) is 0 Å². The van der Waals surface area contributed by atoms with Crippen molar-refractivity contribution >= 4 is 5.97 Å². The lowest BCUT2D eigenvalue weighted by Crippen LogP contribution is -2.05. The second-order valence-electron chi connectivity index (χ2n) is 17.5. The highest BCUT2D eigenvalue weighted by atomic mass is 16.5. The Labute approximate surface area is 342 Å². The van der Waals surface area contributed by atoms with E-state index in [1.165, 1.54) is 276 Å². The Hall–Kier alpha value is -0.790. The van der Waals surface area contributed by atoms with Crippen molar-refractivity contribution < 1.29 is 9.53 Å². The highest BCUT2D eigenvalue weighted by molar-refractivity contribution is 5.69. The number of allylic oxidation sites excluding steroid dienone is 2. The van der Waals surface area contributed by atoms with Crippen molar-refractivity contribution in [3.63, 3.8) is 0 Å². The van der Waals surface area contributed by atoms with Gasteiger partial charge in [-0.1, -0.05) is 276 Å². The zero-order chi connectivity index (χ0) is 38.9. The van der Waals surface area contributed by atoms with Gasteiger partial charge in [0.2, 0.25) is 0 Å². The standard InChI is InChI=1S/C52H102O2/c1-3-5-7-9-11-13-15-17-19-21-23-25-26-27-28-29-31-33-35-37-39-41-43-45-47-49-51-54-52(53)50-48-46-44-42-40-38-36-34-32-30-24-22-20-18-16-14-12-10-8-6-4-2/h18,20H,3-17,19,21-51H2,1-2H3. The van der Waals surface area contributed by atoms with Crippen molar-refractivity contribution in [2.45, 2.75) is 309 Å². The molecule has 0 rings (SSSR count). The first-order valence-corrected chi connectivity index (χ1v) is 25.6. The lowest BCUT2D eigenvalue weighted by Gasteiger charge is -2.06. The maximum absolute atomic E-state index is 12.1. The number of ether oxygens (including phenoxy) is 1. The fourth-order valence-corrected chi connectivity index (χ4v) is 8.08. The monoisotopic (exact) mass is 759 g/mol. The number of unbranched alkanes of at least 4 members (excludes halogenated alkanes) is 42. The second-order valence-corrected chi connectivity index (χ2v) is 17.5. The Morgan fingerprint density at radius 1 is 0.296 bits per heavy atom. The van der Waals surface area contributed by atoms with Gasteiger partial charge in [-0.05, 0) is 38.5 Å². The summed E-state index contributed by atoms with van der Waals surface area (Å²) < 4.78 is 5.50. The summed E-state index contributed by atoms with van der Waals surface area (Å²) in [5.41, 5.74) is 0. The quantitative estimate of drug-likeness (QED) is 0.0351. The predicted octanol–water partition coefficient (Wildman–Crippen LogP) is 19.1. The predicted molar refractivity (Wildman–Crippen MR) is 244 cm³/mol. The molecule has 0 radical (unpaired) electrons. The van der Waals surface area contributed by atoms with Gasteiger partial charge >= 0.3 is 5.97 Å². The van der Waals surface area contributed by atoms with E-state index in [4.69, 9.17) is 4.74 Å². The number of hydrogen-bond donors (Lipinski definition) is 0. The van der Waals surface area contributed by atoms with Crippen LogP contribution in [0.2, 0.25) is 0 Å². The van der Waals surface area contributed by atoms with E-state index in [1.54, 1.807) is 0 Å². The van der Waals surface area contributed by atoms with Crippen molar-refractivity contribution in [1.82, 2.24) is 0 Å². The van der Waals surface area contributed by atoms with Crippen LogP contribution < -0.4 is 0 Å². The average Bonchev–Trinajstić information content (AvgIpc) is 3.18. The van der Waals surface area contributed by atoms with Gasteiger partial charge in [-0.3, -0.25) is 4.79 Å². The maximum atomic E-state index is 12.1. The Bertz CT molecular complexity index is 698. The van der Waals surface area contributed by atoms with Gasteiger partial charge in [-0.15, -0.1) is 0 Å². The van der Waals surface area contributed by atoms with Crippen LogP contribution in [0.5, 0.6) is 0 Å². The fraction of sp³-hybridized carbons (Fsp3) is 0.942. The molecule has 0 aliphatic carbocycles. The van der Waals surface area contributed by atoms with Gasteiger partial charge in [0.25, 0.3) is 0 Å².